The van der Waals surface area contributed by atoms with Crippen LogP contribution in [0.5, 0.6) is 0 Å². The summed E-state index contributed by atoms with van der Waals surface area (Å²) < 4.78 is 27.4. The molecular weight excluding hydrogens is 522 g/mol. The Hall–Kier alpha value is -3.93. The lowest BCUT2D eigenvalue weighted by atomic mass is 10.0. The molecule has 0 spiro atoms. The van der Waals surface area contributed by atoms with Gasteiger partial charge in [0.05, 0.1) is 5.69 Å². The molecule has 39 heavy (non-hydrogen) atoms. The minimum Gasteiger partial charge on any atom is -0.354 e. The second kappa shape index (κ2) is 13.7. The molecule has 1 aliphatic heterocycles. The lowest BCUT2D eigenvalue weighted by molar-refractivity contribution is -0.131. The molecule has 0 bridgehead atoms. The normalized spacial score (nSPS) is 15.6. The quantitative estimate of drug-likeness (QED) is 0.269. The largest absolute Gasteiger partial charge is 0.354 e. The zero-order valence-corrected chi connectivity index (χ0v) is 22.9. The van der Waals surface area contributed by atoms with Crippen molar-refractivity contribution in [3.63, 3.8) is 0 Å². The molecule has 12 heteroatoms. The number of amides is 4. The molecule has 11 nitrogen and oxygen atoms in total. The Morgan fingerprint density at radius 3 is 2.23 bits per heavy atom. The molecule has 0 aliphatic carbocycles. The summed E-state index contributed by atoms with van der Waals surface area (Å²) in [7, 11) is -4.00. The fraction of sp³-hybridized carbons (Fsp3) is 0.407. The van der Waals surface area contributed by atoms with E-state index in [0.29, 0.717) is 12.1 Å². The van der Waals surface area contributed by atoms with E-state index in [1.54, 1.807) is 24.3 Å². The topological polar surface area (TPSA) is 154 Å². The molecule has 0 radical (unpaired) electrons. The first-order valence-corrected chi connectivity index (χ1v) is 14.3. The van der Waals surface area contributed by atoms with Crippen LogP contribution in [-0.2, 0) is 42.2 Å². The third-order valence-corrected chi connectivity index (χ3v) is 7.55. The van der Waals surface area contributed by atoms with Crippen LogP contribution in [-0.4, -0.2) is 57.2 Å². The van der Waals surface area contributed by atoms with Gasteiger partial charge in [0.15, 0.2) is 0 Å². The molecule has 2 aromatic rings. The van der Waals surface area contributed by atoms with Crippen LogP contribution in [0, 0.1) is 0 Å². The first-order chi connectivity index (χ1) is 18.6. The Morgan fingerprint density at radius 2 is 1.59 bits per heavy atom. The summed E-state index contributed by atoms with van der Waals surface area (Å²) in [6.07, 6.45) is 3.01. The minimum atomic E-state index is -4.00. The zero-order valence-electron chi connectivity index (χ0n) is 22.1. The molecule has 0 saturated carbocycles. The lowest BCUT2D eigenvalue weighted by Gasteiger charge is -2.24. The smallest absolute Gasteiger partial charge is 0.326 e. The molecule has 1 saturated heterocycles. The average molecular weight is 558 g/mol. The molecule has 2 aromatic carbocycles. The number of benzene rings is 2. The van der Waals surface area contributed by atoms with Crippen LogP contribution in [0.15, 0.2) is 54.6 Å². The van der Waals surface area contributed by atoms with E-state index < -0.39 is 40.0 Å². The highest BCUT2D eigenvalue weighted by Crippen LogP contribution is 2.22. The van der Waals surface area contributed by atoms with Crippen molar-refractivity contribution >= 4 is 39.5 Å². The van der Waals surface area contributed by atoms with E-state index in [-0.39, 0.29) is 31.0 Å². The molecule has 1 heterocycles. The van der Waals surface area contributed by atoms with Gasteiger partial charge in [0.1, 0.15) is 18.6 Å². The summed E-state index contributed by atoms with van der Waals surface area (Å²) in [5.74, 6) is -1.93. The standard InChI is InChI=1S/C27H35N5O6S/c1-3-4-8-14-28-26(35)23(30-27(36)24(29-19(2)33)16-20-10-6-5-7-11-20)17-21-12-9-13-22(15-21)32-18-25(34)31-39(32,37)38/h5-7,9-13,15,23-24H,3-4,8,14,16-18H2,1-2H3,(H,28,35)(H,29,33)(H,30,36)(H,31,34)/t23-,24?/m0/s1. The monoisotopic (exact) mass is 557 g/mol. The van der Waals surface area contributed by atoms with E-state index in [9.17, 15) is 27.6 Å². The van der Waals surface area contributed by atoms with Crippen molar-refractivity contribution in [2.24, 2.45) is 0 Å². The van der Waals surface area contributed by atoms with Gasteiger partial charge in [-0.05, 0) is 29.7 Å². The number of carbonyl (C=O) groups excluding carboxylic acids is 4. The zero-order chi connectivity index (χ0) is 28.4. The number of hydrogen-bond acceptors (Lipinski definition) is 6. The maximum Gasteiger partial charge on any atom is 0.326 e. The molecule has 2 atom stereocenters. The number of hydrogen-bond donors (Lipinski definition) is 4. The van der Waals surface area contributed by atoms with Gasteiger partial charge in [-0.3, -0.25) is 19.2 Å². The van der Waals surface area contributed by atoms with Crippen LogP contribution >= 0.6 is 0 Å². The summed E-state index contributed by atoms with van der Waals surface area (Å²) in [5, 5.41) is 8.30. The Labute approximate surface area is 228 Å². The summed E-state index contributed by atoms with van der Waals surface area (Å²) in [6.45, 7) is 3.47. The first kappa shape index (κ1) is 29.6. The van der Waals surface area contributed by atoms with Gasteiger partial charge in [0, 0.05) is 26.3 Å². The van der Waals surface area contributed by atoms with E-state index in [4.69, 9.17) is 0 Å². The maximum absolute atomic E-state index is 13.3. The molecule has 1 fully saturated rings. The maximum atomic E-state index is 13.3. The molecule has 4 amide bonds. The van der Waals surface area contributed by atoms with Crippen LogP contribution in [0.4, 0.5) is 5.69 Å². The highest BCUT2D eigenvalue weighted by molar-refractivity contribution is 7.92. The summed E-state index contributed by atoms with van der Waals surface area (Å²) >= 11 is 0. The highest BCUT2D eigenvalue weighted by Gasteiger charge is 2.34. The molecule has 210 valence electrons. The number of rotatable bonds is 13. The number of unbranched alkanes of at least 4 members (excludes halogenated alkanes) is 2. The molecule has 0 aromatic heterocycles. The average Bonchev–Trinajstić information content (AvgIpc) is 3.17. The second-order valence-electron chi connectivity index (χ2n) is 9.41. The van der Waals surface area contributed by atoms with Crippen LogP contribution in [0.1, 0.15) is 44.2 Å². The Bertz CT molecular complexity index is 1280. The predicted molar refractivity (Wildman–Crippen MR) is 147 cm³/mol. The van der Waals surface area contributed by atoms with E-state index >= 15 is 0 Å². The molecule has 4 N–H and O–H groups in total. The number of nitrogens with one attached hydrogen (secondary N) is 4. The third-order valence-electron chi connectivity index (χ3n) is 6.15. The SMILES string of the molecule is CCCCCNC(=O)[C@H](Cc1cccc(N2CC(=O)NS2(=O)=O)c1)NC(=O)C(Cc1ccccc1)NC(C)=O. The van der Waals surface area contributed by atoms with Crippen LogP contribution in [0.2, 0.25) is 0 Å². The van der Waals surface area contributed by atoms with Gasteiger partial charge in [-0.15, -0.1) is 0 Å². The highest BCUT2D eigenvalue weighted by atomic mass is 32.2. The van der Waals surface area contributed by atoms with E-state index in [2.05, 4.69) is 22.9 Å². The van der Waals surface area contributed by atoms with E-state index in [0.717, 1.165) is 29.1 Å². The van der Waals surface area contributed by atoms with Gasteiger partial charge in [0.2, 0.25) is 17.7 Å². The van der Waals surface area contributed by atoms with Gasteiger partial charge < -0.3 is 16.0 Å². The van der Waals surface area contributed by atoms with Gasteiger partial charge in [0.25, 0.3) is 5.91 Å². The number of carbonyl (C=O) groups is 4. The van der Waals surface area contributed by atoms with Crippen molar-refractivity contribution in [3.8, 4) is 0 Å². The lowest BCUT2D eigenvalue weighted by Crippen LogP contribution is -2.55. The number of anilines is 1. The predicted octanol–water partition coefficient (Wildman–Crippen LogP) is 0.949. The van der Waals surface area contributed by atoms with Crippen molar-refractivity contribution in [2.75, 3.05) is 17.4 Å². The van der Waals surface area contributed by atoms with E-state index in [1.165, 1.54) is 6.92 Å². The fourth-order valence-electron chi connectivity index (χ4n) is 4.25. The van der Waals surface area contributed by atoms with E-state index in [1.807, 2.05) is 35.1 Å². The van der Waals surface area contributed by atoms with Crippen molar-refractivity contribution in [2.45, 2.75) is 58.0 Å². The van der Waals surface area contributed by atoms with Gasteiger partial charge in [-0.1, -0.05) is 62.2 Å². The number of nitrogens with zero attached hydrogens (tertiary/aromatic N) is 1. The van der Waals surface area contributed by atoms with Crippen LogP contribution in [0.25, 0.3) is 0 Å². The fourth-order valence-corrected chi connectivity index (χ4v) is 5.39. The minimum absolute atomic E-state index is 0.0621. The summed E-state index contributed by atoms with van der Waals surface area (Å²) in [4.78, 5) is 50.0. The molecule has 3 rings (SSSR count). The van der Waals surface area contributed by atoms with Crippen LogP contribution < -0.4 is 25.0 Å². The van der Waals surface area contributed by atoms with Crippen molar-refractivity contribution in [1.29, 1.82) is 0 Å². The molecule has 1 aliphatic rings. The third kappa shape index (κ3) is 8.81. The first-order valence-electron chi connectivity index (χ1n) is 12.9. The van der Waals surface area contributed by atoms with Crippen molar-refractivity contribution < 1.29 is 27.6 Å². The Balaban J connectivity index is 1.81. The van der Waals surface area contributed by atoms with Gasteiger partial charge in [-0.25, -0.2) is 9.03 Å². The van der Waals surface area contributed by atoms with Crippen molar-refractivity contribution in [3.05, 3.63) is 65.7 Å². The van der Waals surface area contributed by atoms with Gasteiger partial charge >= 0.3 is 10.2 Å². The molecular formula is C27H35N5O6S. The molecule has 1 unspecified atom stereocenters. The Morgan fingerprint density at radius 1 is 0.923 bits per heavy atom. The summed E-state index contributed by atoms with van der Waals surface area (Å²) in [5.41, 5.74) is 1.68. The van der Waals surface area contributed by atoms with Gasteiger partial charge in [-0.2, -0.15) is 8.42 Å². The van der Waals surface area contributed by atoms with Crippen LogP contribution in [0.3, 0.4) is 0 Å². The second-order valence-corrected chi connectivity index (χ2v) is 11.0. The summed E-state index contributed by atoms with van der Waals surface area (Å²) in [6, 6.07) is 13.8. The Kier molecular flexibility index (Phi) is 10.4. The van der Waals surface area contributed by atoms with Crippen molar-refractivity contribution in [1.82, 2.24) is 20.7 Å².